The first-order valence-corrected chi connectivity index (χ1v) is 10.3. The summed E-state index contributed by atoms with van der Waals surface area (Å²) in [4.78, 5) is 16.3. The summed E-state index contributed by atoms with van der Waals surface area (Å²) in [6.07, 6.45) is 1.95. The third kappa shape index (κ3) is 4.40. The van der Waals surface area contributed by atoms with Gasteiger partial charge in [-0.05, 0) is 49.8 Å². The number of hydrogen-bond acceptors (Lipinski definition) is 5. The first-order chi connectivity index (χ1) is 15.3. The number of amides is 1. The Morgan fingerprint density at radius 1 is 1.28 bits per heavy atom. The number of nitrogens with one attached hydrogen (secondary N) is 1. The molecule has 1 aromatic carbocycles. The van der Waals surface area contributed by atoms with Crippen LogP contribution in [-0.2, 0) is 6.18 Å². The number of rotatable bonds is 5. The minimum Gasteiger partial charge on any atom is -0.494 e. The second kappa shape index (κ2) is 8.78. The van der Waals surface area contributed by atoms with Gasteiger partial charge in [-0.25, -0.2) is 0 Å². The lowest BCUT2D eigenvalue weighted by Crippen LogP contribution is -2.20. The molecular formula is C22H23F3N4O3. The minimum absolute atomic E-state index is 0.195. The highest BCUT2D eigenvalue weighted by atomic mass is 19.4. The molecule has 1 fully saturated rings. The maximum absolute atomic E-state index is 13.3. The highest BCUT2D eigenvalue weighted by Gasteiger charge is 2.36. The van der Waals surface area contributed by atoms with Crippen LogP contribution in [0.3, 0.4) is 0 Å². The maximum atomic E-state index is 13.3. The van der Waals surface area contributed by atoms with E-state index in [-0.39, 0.29) is 24.1 Å². The molecular weight excluding hydrogens is 425 g/mol. The third-order valence-corrected chi connectivity index (χ3v) is 5.87. The van der Waals surface area contributed by atoms with E-state index in [0.717, 1.165) is 49.4 Å². The van der Waals surface area contributed by atoms with Crippen molar-refractivity contribution in [3.05, 3.63) is 47.9 Å². The van der Waals surface area contributed by atoms with Crippen LogP contribution in [0.25, 0.3) is 10.9 Å². The molecule has 2 N–H and O–H groups in total. The Morgan fingerprint density at radius 2 is 2.03 bits per heavy atom. The van der Waals surface area contributed by atoms with E-state index in [4.69, 9.17) is 4.74 Å². The first-order valence-electron chi connectivity index (χ1n) is 10.3. The molecule has 0 saturated heterocycles. The van der Waals surface area contributed by atoms with Crippen LogP contribution in [0.2, 0.25) is 0 Å². The molecule has 1 aliphatic carbocycles. The Hall–Kier alpha value is -3.14. The van der Waals surface area contributed by atoms with E-state index < -0.39 is 23.3 Å². The number of benzene rings is 1. The molecule has 0 aliphatic heterocycles. The number of pyridine rings is 1. The van der Waals surface area contributed by atoms with Crippen molar-refractivity contribution in [2.24, 2.45) is 5.92 Å². The van der Waals surface area contributed by atoms with Crippen LogP contribution in [-0.4, -0.2) is 39.5 Å². The molecule has 0 radical (unpaired) electrons. The van der Waals surface area contributed by atoms with Crippen LogP contribution in [0.4, 0.5) is 18.9 Å². The van der Waals surface area contributed by atoms with Crippen LogP contribution in [0.1, 0.15) is 47.8 Å². The number of carbonyl (C=O) groups excluding carboxylic acids is 1. The van der Waals surface area contributed by atoms with Crippen LogP contribution in [0.5, 0.6) is 5.75 Å². The fraction of sp³-hybridized carbons (Fsp3) is 0.409. The number of aromatic nitrogens is 3. The third-order valence-electron chi connectivity index (χ3n) is 5.87. The average molecular weight is 448 g/mol. The van der Waals surface area contributed by atoms with Crippen molar-refractivity contribution < 1.29 is 27.8 Å². The van der Waals surface area contributed by atoms with E-state index >= 15 is 0 Å². The van der Waals surface area contributed by atoms with Gasteiger partial charge in [0.1, 0.15) is 11.4 Å². The zero-order chi connectivity index (χ0) is 22.9. The van der Waals surface area contributed by atoms with Crippen molar-refractivity contribution in [2.45, 2.75) is 37.9 Å². The lowest BCUT2D eigenvalue weighted by atomic mass is 9.87. The van der Waals surface area contributed by atoms with Gasteiger partial charge in [0.05, 0.1) is 29.9 Å². The highest BCUT2D eigenvalue weighted by Crippen LogP contribution is 2.36. The SMILES string of the molecule is COc1cc2nn(C3CCC(CO)CC3)cc2cc1NC(=O)c1ncccc1C(F)(F)F. The molecule has 3 aromatic rings. The number of nitrogens with zero attached hydrogens (tertiary/aromatic N) is 3. The van der Waals surface area contributed by atoms with Crippen molar-refractivity contribution in [1.82, 2.24) is 14.8 Å². The average Bonchev–Trinajstić information content (AvgIpc) is 3.20. The predicted molar refractivity (Wildman–Crippen MR) is 112 cm³/mol. The largest absolute Gasteiger partial charge is 0.494 e. The summed E-state index contributed by atoms with van der Waals surface area (Å²) in [6, 6.07) is 5.43. The number of methoxy groups -OCH3 is 1. The van der Waals surface area contributed by atoms with Gasteiger partial charge in [-0.2, -0.15) is 18.3 Å². The quantitative estimate of drug-likeness (QED) is 0.603. The van der Waals surface area contributed by atoms with Crippen molar-refractivity contribution in [3.8, 4) is 5.75 Å². The minimum atomic E-state index is -4.70. The number of anilines is 1. The standard InChI is InChI=1S/C22H23F3N4O3/c1-32-19-10-17-14(11-29(28-17)15-6-4-13(12-30)5-7-15)9-18(19)27-21(31)20-16(22(23,24)25)3-2-8-26-20/h2-3,8-11,13,15,30H,4-7,12H2,1H3,(H,27,31). The monoisotopic (exact) mass is 448 g/mol. The Kier molecular flexibility index (Phi) is 6.05. The second-order valence-electron chi connectivity index (χ2n) is 7.93. The topological polar surface area (TPSA) is 89.3 Å². The molecule has 0 spiro atoms. The maximum Gasteiger partial charge on any atom is 0.418 e. The Balaban J connectivity index is 1.61. The summed E-state index contributed by atoms with van der Waals surface area (Å²) >= 11 is 0. The predicted octanol–water partition coefficient (Wildman–Crippen LogP) is 4.43. The van der Waals surface area contributed by atoms with E-state index in [2.05, 4.69) is 15.4 Å². The molecule has 1 aliphatic rings. The van der Waals surface area contributed by atoms with Crippen LogP contribution in [0, 0.1) is 5.92 Å². The summed E-state index contributed by atoms with van der Waals surface area (Å²) < 4.78 is 47.0. The Labute approximate surface area is 182 Å². The molecule has 2 heterocycles. The van der Waals surface area contributed by atoms with Crippen molar-refractivity contribution >= 4 is 22.5 Å². The number of fused-ring (bicyclic) bond motifs is 1. The molecule has 1 saturated carbocycles. The lowest BCUT2D eigenvalue weighted by molar-refractivity contribution is -0.138. The molecule has 0 bridgehead atoms. The van der Waals surface area contributed by atoms with E-state index in [1.165, 1.54) is 7.11 Å². The first kappa shape index (κ1) is 22.1. The summed E-state index contributed by atoms with van der Waals surface area (Å²) in [5.74, 6) is -0.374. The van der Waals surface area contributed by atoms with Crippen LogP contribution in [0.15, 0.2) is 36.7 Å². The van der Waals surface area contributed by atoms with Gasteiger partial charge in [-0.3, -0.25) is 14.5 Å². The second-order valence-corrected chi connectivity index (χ2v) is 7.93. The normalized spacial score (nSPS) is 19.2. The number of alkyl halides is 3. The Morgan fingerprint density at radius 3 is 2.69 bits per heavy atom. The molecule has 0 atom stereocenters. The summed E-state index contributed by atoms with van der Waals surface area (Å²) in [7, 11) is 1.41. The summed E-state index contributed by atoms with van der Waals surface area (Å²) in [5.41, 5.74) is -0.937. The molecule has 10 heteroatoms. The van der Waals surface area contributed by atoms with Gasteiger partial charge in [0, 0.05) is 30.5 Å². The fourth-order valence-electron chi connectivity index (χ4n) is 4.11. The number of ether oxygens (including phenoxy) is 1. The van der Waals surface area contributed by atoms with Gasteiger partial charge in [0.2, 0.25) is 0 Å². The molecule has 170 valence electrons. The number of hydrogen-bond donors (Lipinski definition) is 2. The number of carbonyl (C=O) groups is 1. The van der Waals surface area contributed by atoms with Gasteiger partial charge in [-0.1, -0.05) is 0 Å². The van der Waals surface area contributed by atoms with Gasteiger partial charge in [0.25, 0.3) is 5.91 Å². The van der Waals surface area contributed by atoms with Gasteiger partial charge in [0.15, 0.2) is 0 Å². The van der Waals surface area contributed by atoms with Crippen LogP contribution < -0.4 is 10.1 Å². The summed E-state index contributed by atoms with van der Waals surface area (Å²) in [6.45, 7) is 0.195. The fourth-order valence-corrected chi connectivity index (χ4v) is 4.11. The zero-order valence-corrected chi connectivity index (χ0v) is 17.4. The molecule has 0 unspecified atom stereocenters. The molecule has 2 aromatic heterocycles. The number of aliphatic hydroxyl groups excluding tert-OH is 1. The molecule has 4 rings (SSSR count). The van der Waals surface area contributed by atoms with Crippen LogP contribution >= 0.6 is 0 Å². The number of halogens is 3. The summed E-state index contributed by atoms with van der Waals surface area (Å²) in [5, 5.41) is 17.2. The number of aliphatic hydroxyl groups is 1. The molecule has 32 heavy (non-hydrogen) atoms. The van der Waals surface area contributed by atoms with Gasteiger partial charge < -0.3 is 15.2 Å². The Bertz CT molecular complexity index is 1120. The van der Waals surface area contributed by atoms with Crippen molar-refractivity contribution in [3.63, 3.8) is 0 Å². The molecule has 7 nitrogen and oxygen atoms in total. The van der Waals surface area contributed by atoms with E-state index in [1.54, 1.807) is 12.1 Å². The van der Waals surface area contributed by atoms with E-state index in [0.29, 0.717) is 11.4 Å². The molecule has 1 amide bonds. The van der Waals surface area contributed by atoms with E-state index in [1.807, 2.05) is 10.9 Å². The van der Waals surface area contributed by atoms with Gasteiger partial charge in [-0.15, -0.1) is 0 Å². The van der Waals surface area contributed by atoms with Crippen molar-refractivity contribution in [2.75, 3.05) is 19.0 Å². The lowest BCUT2D eigenvalue weighted by Gasteiger charge is -2.27. The van der Waals surface area contributed by atoms with Gasteiger partial charge >= 0.3 is 6.18 Å². The van der Waals surface area contributed by atoms with Crippen molar-refractivity contribution in [1.29, 1.82) is 0 Å². The smallest absolute Gasteiger partial charge is 0.418 e. The van der Waals surface area contributed by atoms with E-state index in [9.17, 15) is 23.1 Å². The zero-order valence-electron chi connectivity index (χ0n) is 17.4. The highest BCUT2D eigenvalue weighted by molar-refractivity contribution is 6.06.